The summed E-state index contributed by atoms with van der Waals surface area (Å²) in [7, 11) is 0. The van der Waals surface area contributed by atoms with E-state index in [0.29, 0.717) is 12.5 Å². The Morgan fingerprint density at radius 3 is 2.46 bits per heavy atom. The van der Waals surface area contributed by atoms with Gasteiger partial charge in [-0.1, -0.05) is 32.1 Å². The average Bonchev–Trinajstić information content (AvgIpc) is 3.22. The highest BCUT2D eigenvalue weighted by molar-refractivity contribution is 5.85. The SMILES string of the molecule is Cl.O=C(CN1CCCC(CNC(=O)C2CCCN2)C1)NCCC1CCCCC1. The minimum Gasteiger partial charge on any atom is -0.355 e. The van der Waals surface area contributed by atoms with E-state index in [9.17, 15) is 9.59 Å². The number of halogens is 1. The molecule has 3 aliphatic rings. The molecule has 2 saturated heterocycles. The Kier molecular flexibility index (Phi) is 10.6. The van der Waals surface area contributed by atoms with Gasteiger partial charge in [0.1, 0.15) is 0 Å². The lowest BCUT2D eigenvalue weighted by atomic mass is 9.87. The van der Waals surface area contributed by atoms with E-state index >= 15 is 0 Å². The fourth-order valence-electron chi connectivity index (χ4n) is 4.89. The van der Waals surface area contributed by atoms with E-state index in [0.717, 1.165) is 70.7 Å². The Morgan fingerprint density at radius 1 is 0.929 bits per heavy atom. The smallest absolute Gasteiger partial charge is 0.237 e. The largest absolute Gasteiger partial charge is 0.355 e. The van der Waals surface area contributed by atoms with Gasteiger partial charge in [0, 0.05) is 19.6 Å². The summed E-state index contributed by atoms with van der Waals surface area (Å²) in [6.45, 7) is 4.91. The van der Waals surface area contributed by atoms with Gasteiger partial charge >= 0.3 is 0 Å². The summed E-state index contributed by atoms with van der Waals surface area (Å²) < 4.78 is 0. The Balaban J connectivity index is 0.00000280. The van der Waals surface area contributed by atoms with Crippen LogP contribution in [-0.2, 0) is 9.59 Å². The van der Waals surface area contributed by atoms with Crippen LogP contribution in [0.4, 0.5) is 0 Å². The topological polar surface area (TPSA) is 73.5 Å². The molecule has 0 radical (unpaired) electrons. The van der Waals surface area contributed by atoms with E-state index in [1.54, 1.807) is 0 Å². The van der Waals surface area contributed by atoms with Crippen molar-refractivity contribution in [2.24, 2.45) is 11.8 Å². The minimum absolute atomic E-state index is 0. The Bertz CT molecular complexity index is 479. The third kappa shape index (κ3) is 7.88. The van der Waals surface area contributed by atoms with Crippen molar-refractivity contribution in [1.29, 1.82) is 0 Å². The van der Waals surface area contributed by atoms with Gasteiger partial charge in [-0.2, -0.15) is 0 Å². The molecule has 7 heteroatoms. The van der Waals surface area contributed by atoms with Gasteiger partial charge in [0.15, 0.2) is 0 Å². The fourth-order valence-corrected chi connectivity index (χ4v) is 4.89. The lowest BCUT2D eigenvalue weighted by Crippen LogP contribution is -2.47. The third-order valence-electron chi connectivity index (χ3n) is 6.51. The Morgan fingerprint density at radius 2 is 1.71 bits per heavy atom. The molecule has 28 heavy (non-hydrogen) atoms. The molecule has 3 N–H and O–H groups in total. The Hall–Kier alpha value is -0.850. The molecule has 0 aromatic heterocycles. The van der Waals surface area contributed by atoms with Gasteiger partial charge in [-0.15, -0.1) is 12.4 Å². The first-order valence-corrected chi connectivity index (χ1v) is 11.2. The molecule has 3 fully saturated rings. The maximum Gasteiger partial charge on any atom is 0.237 e. The van der Waals surface area contributed by atoms with E-state index in [2.05, 4.69) is 20.9 Å². The summed E-state index contributed by atoms with van der Waals surface area (Å²) in [5, 5.41) is 9.48. The third-order valence-corrected chi connectivity index (χ3v) is 6.51. The monoisotopic (exact) mass is 414 g/mol. The molecule has 162 valence electrons. The number of nitrogens with one attached hydrogen (secondary N) is 3. The van der Waals surface area contributed by atoms with E-state index in [4.69, 9.17) is 0 Å². The lowest BCUT2D eigenvalue weighted by molar-refractivity contribution is -0.124. The van der Waals surface area contributed by atoms with Gasteiger partial charge in [0.2, 0.25) is 11.8 Å². The van der Waals surface area contributed by atoms with Crippen LogP contribution >= 0.6 is 12.4 Å². The molecule has 0 spiro atoms. The highest BCUT2D eigenvalue weighted by Gasteiger charge is 2.25. The van der Waals surface area contributed by atoms with Crippen molar-refractivity contribution in [3.63, 3.8) is 0 Å². The van der Waals surface area contributed by atoms with Crippen molar-refractivity contribution in [2.75, 3.05) is 39.3 Å². The van der Waals surface area contributed by atoms with Crippen LogP contribution in [0, 0.1) is 11.8 Å². The van der Waals surface area contributed by atoms with Gasteiger partial charge in [-0.25, -0.2) is 0 Å². The standard InChI is InChI=1S/C21H38N4O2.ClH/c26-20(23-12-10-17-6-2-1-3-7-17)16-25-13-5-8-18(15-25)14-24-21(27)19-9-4-11-22-19;/h17-19,22H,1-16H2,(H,23,26)(H,24,27);1H. The summed E-state index contributed by atoms with van der Waals surface area (Å²) in [6, 6.07) is -0.000337. The van der Waals surface area contributed by atoms with Crippen molar-refractivity contribution in [1.82, 2.24) is 20.9 Å². The second-order valence-corrected chi connectivity index (χ2v) is 8.78. The normalized spacial score (nSPS) is 26.4. The Labute approximate surface area is 176 Å². The molecule has 2 amide bonds. The van der Waals surface area contributed by atoms with Gasteiger partial charge in [-0.05, 0) is 57.0 Å². The number of carbonyl (C=O) groups is 2. The molecule has 0 bridgehead atoms. The first-order chi connectivity index (χ1) is 13.2. The zero-order valence-corrected chi connectivity index (χ0v) is 18.0. The highest BCUT2D eigenvalue weighted by atomic mass is 35.5. The van der Waals surface area contributed by atoms with E-state index in [-0.39, 0.29) is 30.3 Å². The highest BCUT2D eigenvalue weighted by Crippen LogP contribution is 2.25. The van der Waals surface area contributed by atoms with Crippen LogP contribution in [0.2, 0.25) is 0 Å². The number of amides is 2. The summed E-state index contributed by atoms with van der Waals surface area (Å²) in [5.74, 6) is 1.58. The maximum absolute atomic E-state index is 12.3. The molecular formula is C21H39ClN4O2. The molecule has 3 rings (SSSR count). The molecule has 0 aromatic rings. The van der Waals surface area contributed by atoms with Gasteiger partial charge in [0.05, 0.1) is 12.6 Å². The van der Waals surface area contributed by atoms with Crippen molar-refractivity contribution in [2.45, 2.75) is 70.3 Å². The number of hydrogen-bond donors (Lipinski definition) is 3. The minimum atomic E-state index is -0.000337. The van der Waals surface area contributed by atoms with Crippen LogP contribution in [0.1, 0.15) is 64.2 Å². The quantitative estimate of drug-likeness (QED) is 0.568. The molecule has 0 aromatic carbocycles. The van der Waals surface area contributed by atoms with Crippen molar-refractivity contribution in [3.8, 4) is 0 Å². The predicted octanol–water partition coefficient (Wildman–Crippen LogP) is 2.08. The summed E-state index contributed by atoms with van der Waals surface area (Å²) in [4.78, 5) is 26.7. The summed E-state index contributed by atoms with van der Waals surface area (Å²) in [6.07, 6.45) is 12.2. The first kappa shape index (κ1) is 23.4. The first-order valence-electron chi connectivity index (χ1n) is 11.2. The van der Waals surface area contributed by atoms with Crippen LogP contribution in [0.3, 0.4) is 0 Å². The average molecular weight is 415 g/mol. The van der Waals surface area contributed by atoms with Gasteiger partial charge < -0.3 is 16.0 Å². The second-order valence-electron chi connectivity index (χ2n) is 8.78. The molecule has 2 heterocycles. The molecule has 2 aliphatic heterocycles. The molecule has 6 nitrogen and oxygen atoms in total. The fraction of sp³-hybridized carbons (Fsp3) is 0.905. The number of piperidine rings is 1. The van der Waals surface area contributed by atoms with Crippen molar-refractivity contribution < 1.29 is 9.59 Å². The molecule has 1 saturated carbocycles. The number of carbonyl (C=O) groups excluding carboxylic acids is 2. The van der Waals surface area contributed by atoms with Crippen LogP contribution in [0.15, 0.2) is 0 Å². The van der Waals surface area contributed by atoms with Gasteiger partial charge in [-0.3, -0.25) is 14.5 Å². The molecular weight excluding hydrogens is 376 g/mol. The predicted molar refractivity (Wildman–Crippen MR) is 115 cm³/mol. The number of likely N-dealkylation sites (tertiary alicyclic amines) is 1. The van der Waals surface area contributed by atoms with Crippen molar-refractivity contribution >= 4 is 24.2 Å². The molecule has 2 atom stereocenters. The van der Waals surface area contributed by atoms with E-state index in [1.165, 1.54) is 32.1 Å². The van der Waals surface area contributed by atoms with E-state index in [1.807, 2.05) is 0 Å². The number of rotatable bonds is 8. The lowest BCUT2D eigenvalue weighted by Gasteiger charge is -2.32. The zero-order valence-electron chi connectivity index (χ0n) is 17.2. The second kappa shape index (κ2) is 12.7. The molecule has 2 unspecified atom stereocenters. The molecule has 1 aliphatic carbocycles. The van der Waals surface area contributed by atoms with Crippen LogP contribution in [0.25, 0.3) is 0 Å². The van der Waals surface area contributed by atoms with Crippen molar-refractivity contribution in [3.05, 3.63) is 0 Å². The summed E-state index contributed by atoms with van der Waals surface area (Å²) in [5.41, 5.74) is 0. The zero-order chi connectivity index (χ0) is 18.9. The van der Waals surface area contributed by atoms with E-state index < -0.39 is 0 Å². The van der Waals surface area contributed by atoms with Gasteiger partial charge in [0.25, 0.3) is 0 Å². The van der Waals surface area contributed by atoms with Crippen LogP contribution < -0.4 is 16.0 Å². The van der Waals surface area contributed by atoms with Crippen LogP contribution in [-0.4, -0.2) is 62.0 Å². The number of hydrogen-bond acceptors (Lipinski definition) is 4. The number of nitrogens with zero attached hydrogens (tertiary/aromatic N) is 1. The van der Waals surface area contributed by atoms with Crippen LogP contribution in [0.5, 0.6) is 0 Å². The summed E-state index contributed by atoms with van der Waals surface area (Å²) >= 11 is 0. The maximum atomic E-state index is 12.3.